The summed E-state index contributed by atoms with van der Waals surface area (Å²) in [7, 11) is 1.71. The van der Waals surface area contributed by atoms with Gasteiger partial charge in [0.2, 0.25) is 0 Å². The van der Waals surface area contributed by atoms with Gasteiger partial charge in [-0.05, 0) is 43.5 Å². The fourth-order valence-electron chi connectivity index (χ4n) is 3.79. The van der Waals surface area contributed by atoms with Crippen LogP contribution in [0.25, 0.3) is 0 Å². The Morgan fingerprint density at radius 1 is 1.20 bits per heavy atom. The summed E-state index contributed by atoms with van der Waals surface area (Å²) in [6.07, 6.45) is -2.24. The monoisotopic (exact) mass is 420 g/mol. The normalized spacial score (nSPS) is 17.6. The Kier molecular flexibility index (Phi) is 5.21. The first-order chi connectivity index (χ1) is 14.2. The standard InChI is InChI=1S/C21H23F3N4O2/c1-13-9-19(28-7-5-14(6-8-28)21(22,23)24)25-11-16(13)26-15-3-4-17-18(10-15)30-12-20(29)27(17)2/h3-4,9-11,14,26H,5-8,12H2,1-2H3. The van der Waals surface area contributed by atoms with Crippen molar-refractivity contribution >= 4 is 28.8 Å². The first-order valence-electron chi connectivity index (χ1n) is 9.81. The van der Waals surface area contributed by atoms with Crippen LogP contribution in [0, 0.1) is 12.8 Å². The van der Waals surface area contributed by atoms with Crippen molar-refractivity contribution in [2.45, 2.75) is 25.9 Å². The predicted molar refractivity (Wildman–Crippen MR) is 109 cm³/mol. The number of carbonyl (C=O) groups is 1. The van der Waals surface area contributed by atoms with E-state index in [2.05, 4.69) is 10.3 Å². The van der Waals surface area contributed by atoms with Crippen molar-refractivity contribution in [3.63, 3.8) is 0 Å². The lowest BCUT2D eigenvalue weighted by atomic mass is 9.96. The molecule has 1 fully saturated rings. The molecule has 1 aromatic heterocycles. The van der Waals surface area contributed by atoms with E-state index >= 15 is 0 Å². The lowest BCUT2D eigenvalue weighted by molar-refractivity contribution is -0.179. The van der Waals surface area contributed by atoms with Crippen molar-refractivity contribution < 1.29 is 22.7 Å². The average Bonchev–Trinajstić information content (AvgIpc) is 2.72. The third-order valence-corrected chi connectivity index (χ3v) is 5.70. The van der Waals surface area contributed by atoms with Crippen LogP contribution in [0.3, 0.4) is 0 Å². The quantitative estimate of drug-likeness (QED) is 0.804. The zero-order chi connectivity index (χ0) is 21.5. The Balaban J connectivity index is 1.45. The molecule has 2 aromatic rings. The SMILES string of the molecule is Cc1cc(N2CCC(C(F)(F)F)CC2)ncc1Nc1ccc2c(c1)OCC(=O)N2C. The molecule has 3 heterocycles. The second-order valence-electron chi connectivity index (χ2n) is 7.71. The summed E-state index contributed by atoms with van der Waals surface area (Å²) in [5.41, 5.74) is 3.23. The lowest BCUT2D eigenvalue weighted by Gasteiger charge is -2.33. The van der Waals surface area contributed by atoms with Gasteiger partial charge in [0, 0.05) is 31.9 Å². The number of benzene rings is 1. The number of nitrogens with one attached hydrogen (secondary N) is 1. The molecule has 0 aliphatic carbocycles. The van der Waals surface area contributed by atoms with Crippen LogP contribution >= 0.6 is 0 Å². The maximum Gasteiger partial charge on any atom is 0.391 e. The van der Waals surface area contributed by atoms with Gasteiger partial charge in [-0.15, -0.1) is 0 Å². The van der Waals surface area contributed by atoms with Crippen LogP contribution in [0.1, 0.15) is 18.4 Å². The van der Waals surface area contributed by atoms with E-state index < -0.39 is 12.1 Å². The van der Waals surface area contributed by atoms with Gasteiger partial charge in [0.05, 0.1) is 23.5 Å². The Morgan fingerprint density at radius 2 is 1.93 bits per heavy atom. The smallest absolute Gasteiger partial charge is 0.391 e. The van der Waals surface area contributed by atoms with Crippen LogP contribution in [-0.4, -0.2) is 43.8 Å². The molecule has 0 bridgehead atoms. The molecule has 1 aromatic carbocycles. The van der Waals surface area contributed by atoms with E-state index in [0.717, 1.165) is 16.9 Å². The molecule has 30 heavy (non-hydrogen) atoms. The highest BCUT2D eigenvalue weighted by atomic mass is 19.4. The molecular formula is C21H23F3N4O2. The van der Waals surface area contributed by atoms with Crippen molar-refractivity contribution in [2.24, 2.45) is 5.92 Å². The first kappa shape index (κ1) is 20.3. The summed E-state index contributed by atoms with van der Waals surface area (Å²) < 4.78 is 44.1. The summed E-state index contributed by atoms with van der Waals surface area (Å²) >= 11 is 0. The molecule has 6 nitrogen and oxygen atoms in total. The summed E-state index contributed by atoms with van der Waals surface area (Å²) in [4.78, 5) is 19.6. The Morgan fingerprint density at radius 3 is 2.60 bits per heavy atom. The van der Waals surface area contributed by atoms with Crippen molar-refractivity contribution in [2.75, 3.05) is 41.9 Å². The number of rotatable bonds is 3. The largest absolute Gasteiger partial charge is 0.481 e. The number of fused-ring (bicyclic) bond motifs is 1. The fraction of sp³-hybridized carbons (Fsp3) is 0.429. The van der Waals surface area contributed by atoms with Gasteiger partial charge in [-0.1, -0.05) is 0 Å². The highest BCUT2D eigenvalue weighted by Gasteiger charge is 2.41. The number of alkyl halides is 3. The molecule has 160 valence electrons. The van der Waals surface area contributed by atoms with Crippen LogP contribution in [0.2, 0.25) is 0 Å². The molecule has 0 saturated carbocycles. The number of halogens is 3. The summed E-state index contributed by atoms with van der Waals surface area (Å²) in [5.74, 6) is -0.0149. The van der Waals surface area contributed by atoms with Gasteiger partial charge in [-0.2, -0.15) is 13.2 Å². The number of aromatic nitrogens is 1. The molecule has 9 heteroatoms. The molecular weight excluding hydrogens is 397 g/mol. The molecule has 0 radical (unpaired) electrons. The highest BCUT2D eigenvalue weighted by Crippen LogP contribution is 2.37. The van der Waals surface area contributed by atoms with Crippen LogP contribution in [-0.2, 0) is 4.79 Å². The average molecular weight is 420 g/mol. The number of hydrogen-bond donors (Lipinski definition) is 1. The van der Waals surface area contributed by atoms with Gasteiger partial charge in [-0.3, -0.25) is 4.79 Å². The van der Waals surface area contributed by atoms with Gasteiger partial charge in [-0.25, -0.2) is 4.98 Å². The van der Waals surface area contributed by atoms with E-state index in [1.165, 1.54) is 0 Å². The number of amides is 1. The Hall–Kier alpha value is -2.97. The molecule has 4 rings (SSSR count). The zero-order valence-electron chi connectivity index (χ0n) is 16.8. The first-order valence-corrected chi connectivity index (χ1v) is 9.81. The minimum absolute atomic E-state index is 0.00721. The van der Waals surface area contributed by atoms with Gasteiger partial charge in [0.15, 0.2) is 6.61 Å². The molecule has 0 unspecified atom stereocenters. The number of piperidine rings is 1. The number of likely N-dealkylation sites (N-methyl/N-ethyl adjacent to an activating group) is 1. The molecule has 1 N–H and O–H groups in total. The summed E-state index contributed by atoms with van der Waals surface area (Å²) in [5, 5.41) is 3.29. The minimum atomic E-state index is -4.12. The highest BCUT2D eigenvalue weighted by molar-refractivity contribution is 5.97. The van der Waals surface area contributed by atoms with Crippen molar-refractivity contribution in [1.82, 2.24) is 4.98 Å². The number of carbonyl (C=O) groups excluding carboxylic acids is 1. The number of ether oxygens (including phenoxy) is 1. The molecule has 0 spiro atoms. The maximum absolute atomic E-state index is 12.9. The molecule has 0 atom stereocenters. The topological polar surface area (TPSA) is 57.7 Å². The minimum Gasteiger partial charge on any atom is -0.481 e. The van der Waals surface area contributed by atoms with Crippen molar-refractivity contribution in [3.8, 4) is 5.75 Å². The van der Waals surface area contributed by atoms with Crippen LogP contribution in [0.15, 0.2) is 30.5 Å². The molecule has 1 saturated heterocycles. The van der Waals surface area contributed by atoms with E-state index in [-0.39, 0.29) is 25.4 Å². The molecule has 1 amide bonds. The van der Waals surface area contributed by atoms with E-state index in [1.54, 1.807) is 18.1 Å². The molecule has 2 aliphatic heterocycles. The number of nitrogens with zero attached hydrogens (tertiary/aromatic N) is 3. The van der Waals surface area contributed by atoms with E-state index in [9.17, 15) is 18.0 Å². The van der Waals surface area contributed by atoms with Crippen LogP contribution in [0.5, 0.6) is 5.75 Å². The maximum atomic E-state index is 12.9. The third-order valence-electron chi connectivity index (χ3n) is 5.70. The van der Waals surface area contributed by atoms with Crippen molar-refractivity contribution in [1.29, 1.82) is 0 Å². The second kappa shape index (κ2) is 7.70. The Bertz CT molecular complexity index is 956. The van der Waals surface area contributed by atoms with E-state index in [1.807, 2.05) is 36.1 Å². The van der Waals surface area contributed by atoms with Crippen LogP contribution < -0.4 is 19.9 Å². The zero-order valence-corrected chi connectivity index (χ0v) is 16.8. The van der Waals surface area contributed by atoms with Crippen molar-refractivity contribution in [3.05, 3.63) is 36.0 Å². The van der Waals surface area contributed by atoms with Gasteiger partial charge >= 0.3 is 6.18 Å². The number of anilines is 4. The summed E-state index contributed by atoms with van der Waals surface area (Å²) in [6, 6.07) is 7.38. The van der Waals surface area contributed by atoms with E-state index in [4.69, 9.17) is 4.74 Å². The third kappa shape index (κ3) is 4.01. The fourth-order valence-corrected chi connectivity index (χ4v) is 3.79. The summed E-state index contributed by atoms with van der Waals surface area (Å²) in [6.45, 7) is 2.63. The number of aryl methyl sites for hydroxylation is 1. The lowest BCUT2D eigenvalue weighted by Crippen LogP contribution is -2.39. The van der Waals surface area contributed by atoms with Crippen LogP contribution in [0.4, 0.5) is 36.1 Å². The molecule has 2 aliphatic rings. The van der Waals surface area contributed by atoms with Gasteiger partial charge < -0.3 is 19.9 Å². The predicted octanol–water partition coefficient (Wildman–Crippen LogP) is 4.27. The van der Waals surface area contributed by atoms with Gasteiger partial charge in [0.25, 0.3) is 5.91 Å². The van der Waals surface area contributed by atoms with Gasteiger partial charge in [0.1, 0.15) is 11.6 Å². The second-order valence-corrected chi connectivity index (χ2v) is 7.71. The van der Waals surface area contributed by atoms with E-state index in [0.29, 0.717) is 30.3 Å². The number of hydrogen-bond acceptors (Lipinski definition) is 5. The number of pyridine rings is 1. The Labute approximate surface area is 172 Å².